The summed E-state index contributed by atoms with van der Waals surface area (Å²) in [6.45, 7) is 0. The zero-order chi connectivity index (χ0) is 10.6. The predicted molar refractivity (Wildman–Crippen MR) is 45.4 cm³/mol. The number of alkyl halides is 3. The second kappa shape index (κ2) is 4.13. The van der Waals surface area contributed by atoms with Crippen LogP contribution in [-0.4, -0.2) is 17.1 Å². The number of hydrogen-bond donors (Lipinski definition) is 1. The molecule has 0 aliphatic rings. The van der Waals surface area contributed by atoms with E-state index in [-0.39, 0.29) is 11.3 Å². The molecule has 76 valence electrons. The maximum absolute atomic E-state index is 12.0. The maximum atomic E-state index is 12.0. The van der Waals surface area contributed by atoms with Crippen LogP contribution in [0.1, 0.15) is 12.0 Å². The van der Waals surface area contributed by atoms with Crippen molar-refractivity contribution in [3.63, 3.8) is 0 Å². The molecule has 0 saturated carbocycles. The molecule has 1 aromatic carbocycles. The van der Waals surface area contributed by atoms with Crippen LogP contribution in [0.3, 0.4) is 0 Å². The Balaban J connectivity index is 2.85. The first-order valence-electron chi connectivity index (χ1n) is 3.86. The molecule has 0 heterocycles. The van der Waals surface area contributed by atoms with Crippen LogP contribution in [-0.2, 0) is 0 Å². The zero-order valence-electron chi connectivity index (χ0n) is 7.12. The van der Waals surface area contributed by atoms with Gasteiger partial charge in [-0.1, -0.05) is 35.5 Å². The van der Waals surface area contributed by atoms with Crippen molar-refractivity contribution in [1.82, 2.24) is 0 Å². The van der Waals surface area contributed by atoms with Gasteiger partial charge in [-0.2, -0.15) is 13.2 Å². The Labute approximate surface area is 78.7 Å². The van der Waals surface area contributed by atoms with Gasteiger partial charge in [0.2, 0.25) is 0 Å². The molecule has 0 fully saturated rings. The summed E-state index contributed by atoms with van der Waals surface area (Å²) in [6, 6.07) is 7.75. The van der Waals surface area contributed by atoms with Gasteiger partial charge >= 0.3 is 6.18 Å². The summed E-state index contributed by atoms with van der Waals surface area (Å²) >= 11 is 0. The minimum absolute atomic E-state index is 0.271. The van der Waals surface area contributed by atoms with Gasteiger partial charge in [0.1, 0.15) is 0 Å². The molecule has 0 amide bonds. The summed E-state index contributed by atoms with van der Waals surface area (Å²) < 4.78 is 36.0. The molecule has 1 rings (SSSR count). The van der Waals surface area contributed by atoms with Gasteiger partial charge in [-0.15, -0.1) is 0 Å². The van der Waals surface area contributed by atoms with Gasteiger partial charge in [0.25, 0.3) is 0 Å². The van der Waals surface area contributed by atoms with Crippen molar-refractivity contribution in [2.24, 2.45) is 5.16 Å². The summed E-state index contributed by atoms with van der Waals surface area (Å²) in [5.41, 5.74) is -0.106. The molecule has 0 aliphatic heterocycles. The molecular formula is C9H8F3NO. The van der Waals surface area contributed by atoms with Crippen molar-refractivity contribution in [2.75, 3.05) is 0 Å². The third-order valence-corrected chi connectivity index (χ3v) is 1.60. The molecule has 5 heteroatoms. The van der Waals surface area contributed by atoms with Gasteiger partial charge in [0, 0.05) is 0 Å². The maximum Gasteiger partial charge on any atom is 0.394 e. The average molecular weight is 203 g/mol. The molecule has 0 aliphatic carbocycles. The molecule has 0 saturated heterocycles. The van der Waals surface area contributed by atoms with E-state index in [2.05, 4.69) is 5.16 Å². The van der Waals surface area contributed by atoms with Crippen molar-refractivity contribution in [3.8, 4) is 0 Å². The van der Waals surface area contributed by atoms with Crippen LogP contribution in [0.5, 0.6) is 0 Å². The molecule has 0 spiro atoms. The first-order chi connectivity index (χ1) is 6.53. The smallest absolute Gasteiger partial charge is 0.394 e. The predicted octanol–water partition coefficient (Wildman–Crippen LogP) is 2.82. The van der Waals surface area contributed by atoms with Crippen LogP contribution < -0.4 is 0 Å². The summed E-state index contributed by atoms with van der Waals surface area (Å²) in [7, 11) is 0. The molecule has 0 atom stereocenters. The summed E-state index contributed by atoms with van der Waals surface area (Å²) in [6.07, 6.45) is -5.59. The van der Waals surface area contributed by atoms with E-state index >= 15 is 0 Å². The number of oxime groups is 1. The second-order valence-corrected chi connectivity index (χ2v) is 2.70. The SMILES string of the molecule is O/N=C(/CC(F)(F)F)c1ccccc1. The van der Waals surface area contributed by atoms with E-state index < -0.39 is 12.6 Å². The fraction of sp³-hybridized carbons (Fsp3) is 0.222. The summed E-state index contributed by atoms with van der Waals surface area (Å²) in [5.74, 6) is 0. The molecular weight excluding hydrogens is 195 g/mol. The van der Waals surface area contributed by atoms with Gasteiger partial charge < -0.3 is 5.21 Å². The van der Waals surface area contributed by atoms with Crippen molar-refractivity contribution in [2.45, 2.75) is 12.6 Å². The Morgan fingerprint density at radius 2 is 1.79 bits per heavy atom. The highest BCUT2D eigenvalue weighted by molar-refractivity contribution is 6.00. The van der Waals surface area contributed by atoms with Gasteiger partial charge in [0.15, 0.2) is 0 Å². The van der Waals surface area contributed by atoms with Crippen molar-refractivity contribution in [3.05, 3.63) is 35.9 Å². The Morgan fingerprint density at radius 1 is 1.21 bits per heavy atom. The number of rotatable bonds is 2. The van der Waals surface area contributed by atoms with Gasteiger partial charge in [-0.25, -0.2) is 0 Å². The van der Waals surface area contributed by atoms with Crippen LogP contribution in [0.4, 0.5) is 13.2 Å². The first kappa shape index (κ1) is 10.6. The lowest BCUT2D eigenvalue weighted by molar-refractivity contribution is -0.121. The van der Waals surface area contributed by atoms with Crippen LogP contribution in [0, 0.1) is 0 Å². The van der Waals surface area contributed by atoms with E-state index in [0.29, 0.717) is 0 Å². The molecule has 0 unspecified atom stereocenters. The Morgan fingerprint density at radius 3 is 2.21 bits per heavy atom. The molecule has 1 N–H and O–H groups in total. The van der Waals surface area contributed by atoms with Crippen molar-refractivity contribution in [1.29, 1.82) is 0 Å². The van der Waals surface area contributed by atoms with Gasteiger partial charge in [-0.05, 0) is 5.56 Å². The van der Waals surface area contributed by atoms with Crippen LogP contribution in [0.15, 0.2) is 35.5 Å². The van der Waals surface area contributed by atoms with E-state index in [1.165, 1.54) is 12.1 Å². The third kappa shape index (κ3) is 3.08. The normalized spacial score (nSPS) is 12.9. The largest absolute Gasteiger partial charge is 0.411 e. The first-order valence-corrected chi connectivity index (χ1v) is 3.86. The minimum atomic E-state index is -4.36. The monoisotopic (exact) mass is 203 g/mol. The molecule has 0 aromatic heterocycles. The van der Waals surface area contributed by atoms with Gasteiger partial charge in [-0.3, -0.25) is 0 Å². The fourth-order valence-electron chi connectivity index (χ4n) is 1.02. The standard InChI is InChI=1S/C9H8F3NO/c10-9(11,12)6-8(13-14)7-4-2-1-3-5-7/h1-5,14H,6H2/b13-8-. The number of nitrogens with zero attached hydrogens (tertiary/aromatic N) is 1. The van der Waals surface area contributed by atoms with Crippen molar-refractivity contribution < 1.29 is 18.4 Å². The van der Waals surface area contributed by atoms with E-state index in [4.69, 9.17) is 5.21 Å². The second-order valence-electron chi connectivity index (χ2n) is 2.70. The Kier molecular flexibility index (Phi) is 3.11. The molecule has 14 heavy (non-hydrogen) atoms. The zero-order valence-corrected chi connectivity index (χ0v) is 7.12. The summed E-state index contributed by atoms with van der Waals surface area (Å²) in [5, 5.41) is 11.1. The Hall–Kier alpha value is -1.52. The highest BCUT2D eigenvalue weighted by Gasteiger charge is 2.30. The number of hydrogen-bond acceptors (Lipinski definition) is 2. The quantitative estimate of drug-likeness (QED) is 0.447. The fourth-order valence-corrected chi connectivity index (χ4v) is 1.02. The molecule has 2 nitrogen and oxygen atoms in total. The van der Waals surface area contributed by atoms with Crippen LogP contribution in [0.2, 0.25) is 0 Å². The third-order valence-electron chi connectivity index (χ3n) is 1.60. The lowest BCUT2D eigenvalue weighted by atomic mass is 10.1. The van der Waals surface area contributed by atoms with Gasteiger partial charge in [0.05, 0.1) is 12.1 Å². The highest BCUT2D eigenvalue weighted by atomic mass is 19.4. The Bertz CT molecular complexity index is 319. The van der Waals surface area contributed by atoms with Crippen LogP contribution >= 0.6 is 0 Å². The van der Waals surface area contributed by atoms with E-state index in [1.54, 1.807) is 18.2 Å². The van der Waals surface area contributed by atoms with E-state index in [0.717, 1.165) is 0 Å². The highest BCUT2D eigenvalue weighted by Crippen LogP contribution is 2.22. The van der Waals surface area contributed by atoms with Crippen molar-refractivity contribution >= 4 is 5.71 Å². The molecule has 1 aromatic rings. The van der Waals surface area contributed by atoms with E-state index in [1.807, 2.05) is 0 Å². The molecule has 0 radical (unpaired) electrons. The lowest BCUT2D eigenvalue weighted by Crippen LogP contribution is -2.15. The molecule has 0 bridgehead atoms. The average Bonchev–Trinajstić information content (AvgIpc) is 2.14. The topological polar surface area (TPSA) is 32.6 Å². The number of benzene rings is 1. The minimum Gasteiger partial charge on any atom is -0.411 e. The van der Waals surface area contributed by atoms with E-state index in [9.17, 15) is 13.2 Å². The lowest BCUT2D eigenvalue weighted by Gasteiger charge is -2.07. The number of halogens is 3. The summed E-state index contributed by atoms with van der Waals surface area (Å²) in [4.78, 5) is 0. The van der Waals surface area contributed by atoms with Crippen LogP contribution in [0.25, 0.3) is 0 Å².